The minimum atomic E-state index is -3.83. The Labute approximate surface area is 198 Å². The number of carbonyl (C=O) groups is 1. The van der Waals surface area contributed by atoms with E-state index in [1.165, 1.54) is 0 Å². The number of nitrogens with zero attached hydrogens (tertiary/aromatic N) is 2. The van der Waals surface area contributed by atoms with E-state index in [0.717, 1.165) is 17.0 Å². The Morgan fingerprint density at radius 3 is 2.24 bits per heavy atom. The summed E-state index contributed by atoms with van der Waals surface area (Å²) in [7, 11) is -1.99. The molecule has 4 rings (SSSR count). The van der Waals surface area contributed by atoms with Crippen molar-refractivity contribution in [2.75, 3.05) is 10.0 Å². The smallest absolute Gasteiger partial charge is 0.319 e. The average molecular weight is 476 g/mol. The van der Waals surface area contributed by atoms with Gasteiger partial charge >= 0.3 is 6.03 Å². The number of aryl methyl sites for hydroxylation is 2. The Kier molecular flexibility index (Phi) is 6.65. The molecule has 9 heteroatoms. The number of sulfonamides is 1. The molecule has 0 saturated heterocycles. The lowest BCUT2D eigenvalue weighted by Crippen LogP contribution is -2.28. The van der Waals surface area contributed by atoms with Crippen molar-refractivity contribution in [3.8, 4) is 11.1 Å². The molecule has 2 amide bonds. The molecule has 1 aromatic heterocycles. The largest absolute Gasteiger partial charge is 0.332 e. The lowest BCUT2D eigenvalue weighted by atomic mass is 10.1. The lowest BCUT2D eigenvalue weighted by Gasteiger charge is -2.13. The molecule has 0 aliphatic heterocycles. The van der Waals surface area contributed by atoms with Crippen LogP contribution in [-0.4, -0.2) is 24.2 Å². The van der Waals surface area contributed by atoms with Gasteiger partial charge in [0.15, 0.2) is 0 Å². The number of anilines is 2. The van der Waals surface area contributed by atoms with Gasteiger partial charge in [0.25, 0.3) is 10.0 Å². The third-order valence-corrected chi connectivity index (χ3v) is 6.69. The number of rotatable bonds is 7. The number of hydrogen-bond donors (Lipinski definition) is 3. The van der Waals surface area contributed by atoms with Gasteiger partial charge in [-0.15, -0.1) is 0 Å². The van der Waals surface area contributed by atoms with Crippen molar-refractivity contribution in [1.82, 2.24) is 15.1 Å². The van der Waals surface area contributed by atoms with E-state index in [1.54, 1.807) is 47.1 Å². The summed E-state index contributed by atoms with van der Waals surface area (Å²) in [4.78, 5) is 12.4. The Balaban J connectivity index is 1.41. The fraction of sp³-hybridized carbons (Fsp3) is 0.120. The number of benzene rings is 3. The molecule has 8 nitrogen and oxygen atoms in total. The second-order valence-electron chi connectivity index (χ2n) is 7.75. The minimum Gasteiger partial charge on any atom is -0.332 e. The third-order valence-electron chi connectivity index (χ3n) is 5.25. The average Bonchev–Trinajstić information content (AvgIpc) is 3.16. The van der Waals surface area contributed by atoms with Crippen LogP contribution in [0, 0.1) is 6.92 Å². The summed E-state index contributed by atoms with van der Waals surface area (Å²) >= 11 is 0. The molecule has 0 aliphatic rings. The second-order valence-corrected chi connectivity index (χ2v) is 9.40. The third kappa shape index (κ3) is 5.44. The molecule has 0 saturated carbocycles. The van der Waals surface area contributed by atoms with E-state index in [9.17, 15) is 13.2 Å². The zero-order chi connectivity index (χ0) is 24.1. The lowest BCUT2D eigenvalue weighted by molar-refractivity contribution is 0.251. The van der Waals surface area contributed by atoms with Crippen molar-refractivity contribution in [3.63, 3.8) is 0 Å². The molecule has 0 bridgehead atoms. The molecule has 3 aromatic carbocycles. The first-order valence-electron chi connectivity index (χ1n) is 10.6. The van der Waals surface area contributed by atoms with Gasteiger partial charge < -0.3 is 10.6 Å². The summed E-state index contributed by atoms with van der Waals surface area (Å²) in [5.74, 6) is 0. The number of carbonyl (C=O) groups excluding carboxylic acids is 1. The summed E-state index contributed by atoms with van der Waals surface area (Å²) in [5.41, 5.74) is 4.11. The van der Waals surface area contributed by atoms with Gasteiger partial charge in [-0.25, -0.2) is 13.2 Å². The predicted octanol–water partition coefficient (Wildman–Crippen LogP) is 4.52. The highest BCUT2D eigenvalue weighted by Crippen LogP contribution is 2.28. The molecule has 3 N–H and O–H groups in total. The highest BCUT2D eigenvalue weighted by atomic mass is 32.2. The van der Waals surface area contributed by atoms with Crippen LogP contribution in [0.2, 0.25) is 0 Å². The Hall–Kier alpha value is -4.11. The summed E-state index contributed by atoms with van der Waals surface area (Å²) in [5, 5.41) is 9.77. The van der Waals surface area contributed by atoms with Crippen molar-refractivity contribution >= 4 is 27.4 Å². The van der Waals surface area contributed by atoms with Crippen LogP contribution in [0.5, 0.6) is 0 Å². The maximum Gasteiger partial charge on any atom is 0.319 e. The number of aromatic nitrogens is 2. The van der Waals surface area contributed by atoms with E-state index in [4.69, 9.17) is 0 Å². The number of nitrogens with one attached hydrogen (secondary N) is 3. The van der Waals surface area contributed by atoms with Gasteiger partial charge in [0.1, 0.15) is 0 Å². The van der Waals surface area contributed by atoms with E-state index in [0.29, 0.717) is 23.5 Å². The van der Waals surface area contributed by atoms with Crippen LogP contribution >= 0.6 is 0 Å². The zero-order valence-corrected chi connectivity index (χ0v) is 19.6. The molecule has 0 spiro atoms. The predicted molar refractivity (Wildman–Crippen MR) is 133 cm³/mol. The number of amides is 2. The monoisotopic (exact) mass is 475 g/mol. The molecule has 0 radical (unpaired) electrons. The maximum atomic E-state index is 13.1. The van der Waals surface area contributed by atoms with Crippen LogP contribution in [0.25, 0.3) is 11.1 Å². The van der Waals surface area contributed by atoms with Crippen molar-refractivity contribution in [2.45, 2.75) is 18.4 Å². The van der Waals surface area contributed by atoms with E-state index >= 15 is 0 Å². The first-order valence-corrected chi connectivity index (χ1v) is 12.1. The first kappa shape index (κ1) is 23.1. The quantitative estimate of drug-likeness (QED) is 0.365. The van der Waals surface area contributed by atoms with Gasteiger partial charge in [0, 0.05) is 29.7 Å². The molecule has 34 heavy (non-hydrogen) atoms. The number of hydrogen-bond acceptors (Lipinski definition) is 4. The van der Waals surface area contributed by atoms with E-state index in [1.807, 2.05) is 56.4 Å². The molecular weight excluding hydrogens is 450 g/mol. The molecular formula is C25H25N5O3S. The molecule has 0 aliphatic carbocycles. The van der Waals surface area contributed by atoms with Gasteiger partial charge in [-0.1, -0.05) is 48.5 Å². The van der Waals surface area contributed by atoms with Crippen molar-refractivity contribution < 1.29 is 13.2 Å². The van der Waals surface area contributed by atoms with Crippen LogP contribution in [0.4, 0.5) is 16.2 Å². The Morgan fingerprint density at radius 1 is 0.912 bits per heavy atom. The molecule has 0 atom stereocenters. The van der Waals surface area contributed by atoms with E-state index in [-0.39, 0.29) is 10.9 Å². The standard InChI is InChI=1S/C25H25N5O3S/c1-18-16-22(28-30(18)2)17-26-25(31)27-20-12-14-21(15-13-20)29-34(32,33)24-11-7-6-10-23(24)19-8-4-3-5-9-19/h3-16,29H,17H2,1-2H3,(H2,26,27,31). The molecule has 174 valence electrons. The van der Waals surface area contributed by atoms with Gasteiger partial charge in [-0.2, -0.15) is 5.10 Å². The first-order chi connectivity index (χ1) is 16.3. The van der Waals surface area contributed by atoms with Crippen LogP contribution < -0.4 is 15.4 Å². The fourth-order valence-electron chi connectivity index (χ4n) is 3.46. The number of urea groups is 1. The van der Waals surface area contributed by atoms with E-state index in [2.05, 4.69) is 20.5 Å². The summed E-state index contributed by atoms with van der Waals surface area (Å²) < 4.78 is 30.6. The normalized spacial score (nSPS) is 11.1. The summed E-state index contributed by atoms with van der Waals surface area (Å²) in [6, 6.07) is 24.2. The zero-order valence-electron chi connectivity index (χ0n) is 18.8. The molecule has 0 unspecified atom stereocenters. The van der Waals surface area contributed by atoms with Crippen molar-refractivity contribution in [3.05, 3.63) is 96.3 Å². The Morgan fingerprint density at radius 2 is 1.56 bits per heavy atom. The van der Waals surface area contributed by atoms with Gasteiger partial charge in [0.2, 0.25) is 0 Å². The molecule has 0 fully saturated rings. The second kappa shape index (κ2) is 9.80. The topological polar surface area (TPSA) is 105 Å². The minimum absolute atomic E-state index is 0.188. The highest BCUT2D eigenvalue weighted by molar-refractivity contribution is 7.92. The van der Waals surface area contributed by atoms with Crippen LogP contribution in [0.1, 0.15) is 11.4 Å². The fourth-order valence-corrected chi connectivity index (χ4v) is 4.75. The maximum absolute atomic E-state index is 13.1. The summed E-state index contributed by atoms with van der Waals surface area (Å²) in [6.07, 6.45) is 0. The van der Waals surface area contributed by atoms with Crippen LogP contribution in [0.15, 0.2) is 89.8 Å². The van der Waals surface area contributed by atoms with Gasteiger partial charge in [-0.05, 0) is 48.9 Å². The highest BCUT2D eigenvalue weighted by Gasteiger charge is 2.19. The van der Waals surface area contributed by atoms with Gasteiger partial charge in [0.05, 0.1) is 17.1 Å². The molecule has 1 heterocycles. The molecule has 4 aromatic rings. The summed E-state index contributed by atoms with van der Waals surface area (Å²) in [6.45, 7) is 2.23. The van der Waals surface area contributed by atoms with Crippen molar-refractivity contribution in [1.29, 1.82) is 0 Å². The van der Waals surface area contributed by atoms with Crippen molar-refractivity contribution in [2.24, 2.45) is 7.05 Å². The van der Waals surface area contributed by atoms with Crippen LogP contribution in [-0.2, 0) is 23.6 Å². The Bertz CT molecular complexity index is 1380. The van der Waals surface area contributed by atoms with Gasteiger partial charge in [-0.3, -0.25) is 9.40 Å². The van der Waals surface area contributed by atoms with E-state index < -0.39 is 10.0 Å². The SMILES string of the molecule is Cc1cc(CNC(=O)Nc2ccc(NS(=O)(=O)c3ccccc3-c3ccccc3)cc2)nn1C. The van der Waals surface area contributed by atoms with Crippen LogP contribution in [0.3, 0.4) is 0 Å².